The Labute approximate surface area is 129 Å². The van der Waals surface area contributed by atoms with Gasteiger partial charge in [0, 0.05) is 10.6 Å². The average molecular weight is 327 g/mol. The molecule has 0 aliphatic rings. The average Bonchev–Trinajstić information content (AvgIpc) is 2.42. The number of phenols is 1. The van der Waals surface area contributed by atoms with Crippen molar-refractivity contribution in [3.63, 3.8) is 0 Å². The highest BCUT2D eigenvalue weighted by atomic mass is 35.5. The Morgan fingerprint density at radius 3 is 2.71 bits per heavy atom. The molecule has 0 saturated carbocycles. The molecule has 2 N–H and O–H groups in total. The van der Waals surface area contributed by atoms with Crippen molar-refractivity contribution in [2.24, 2.45) is 5.10 Å². The van der Waals surface area contributed by atoms with Gasteiger partial charge in [-0.25, -0.2) is 9.82 Å². The Bertz CT molecular complexity index is 700. The van der Waals surface area contributed by atoms with Crippen LogP contribution in [-0.4, -0.2) is 17.2 Å². The molecule has 0 spiro atoms. The van der Waals surface area contributed by atoms with E-state index in [1.165, 1.54) is 36.4 Å². The molecule has 0 unspecified atom stereocenters. The molecule has 0 saturated heterocycles. The summed E-state index contributed by atoms with van der Waals surface area (Å²) in [6, 6.07) is 8.21. The van der Waals surface area contributed by atoms with Gasteiger partial charge in [0.25, 0.3) is 5.91 Å². The molecule has 21 heavy (non-hydrogen) atoms. The SMILES string of the molecule is O=C(N/N=C/c1c(F)cccc1Cl)c1ccc(Cl)cc1O. The Morgan fingerprint density at radius 1 is 1.29 bits per heavy atom. The standard InChI is InChI=1S/C14H9Cl2FN2O2/c15-8-4-5-9(13(20)6-8)14(21)19-18-7-10-11(16)2-1-3-12(10)17/h1-7,20H,(H,19,21)/b18-7+. The number of aromatic hydroxyl groups is 1. The number of amides is 1. The predicted octanol–water partition coefficient (Wildman–Crippen LogP) is 3.60. The number of phenolic OH excluding ortho intramolecular Hbond substituents is 1. The monoisotopic (exact) mass is 326 g/mol. The van der Waals surface area contributed by atoms with Crippen molar-refractivity contribution in [2.75, 3.05) is 0 Å². The highest BCUT2D eigenvalue weighted by Crippen LogP contribution is 2.21. The van der Waals surface area contributed by atoms with Crippen LogP contribution in [0.2, 0.25) is 10.0 Å². The first kappa shape index (κ1) is 15.3. The van der Waals surface area contributed by atoms with Crippen LogP contribution in [0.4, 0.5) is 4.39 Å². The van der Waals surface area contributed by atoms with E-state index >= 15 is 0 Å². The Kier molecular flexibility index (Phi) is 4.77. The van der Waals surface area contributed by atoms with E-state index < -0.39 is 11.7 Å². The molecule has 0 aliphatic heterocycles. The van der Waals surface area contributed by atoms with Gasteiger partial charge in [0.05, 0.1) is 16.8 Å². The number of halogens is 3. The van der Waals surface area contributed by atoms with Crippen LogP contribution in [-0.2, 0) is 0 Å². The topological polar surface area (TPSA) is 61.7 Å². The summed E-state index contributed by atoms with van der Waals surface area (Å²) in [6.45, 7) is 0. The van der Waals surface area contributed by atoms with Gasteiger partial charge in [0.15, 0.2) is 0 Å². The van der Waals surface area contributed by atoms with Crippen LogP contribution in [0, 0.1) is 5.82 Å². The van der Waals surface area contributed by atoms with E-state index in [1.807, 2.05) is 0 Å². The van der Waals surface area contributed by atoms with E-state index in [2.05, 4.69) is 10.5 Å². The van der Waals surface area contributed by atoms with E-state index in [4.69, 9.17) is 23.2 Å². The molecule has 1 amide bonds. The predicted molar refractivity (Wildman–Crippen MR) is 79.6 cm³/mol. The zero-order valence-electron chi connectivity index (χ0n) is 10.5. The third-order valence-corrected chi connectivity index (χ3v) is 3.13. The number of benzene rings is 2. The smallest absolute Gasteiger partial charge is 0.275 e. The summed E-state index contributed by atoms with van der Waals surface area (Å²) in [5, 5.41) is 13.7. The van der Waals surface area contributed by atoms with E-state index in [0.29, 0.717) is 5.02 Å². The van der Waals surface area contributed by atoms with E-state index in [1.54, 1.807) is 0 Å². The highest BCUT2D eigenvalue weighted by Gasteiger charge is 2.10. The lowest BCUT2D eigenvalue weighted by atomic mass is 10.2. The van der Waals surface area contributed by atoms with Crippen LogP contribution in [0.15, 0.2) is 41.5 Å². The molecule has 0 bridgehead atoms. The minimum absolute atomic E-state index is 0.00354. The normalized spacial score (nSPS) is 10.8. The van der Waals surface area contributed by atoms with E-state index in [0.717, 1.165) is 6.21 Å². The molecular weight excluding hydrogens is 318 g/mol. The van der Waals surface area contributed by atoms with Gasteiger partial charge in [0.2, 0.25) is 0 Å². The number of nitrogens with zero attached hydrogens (tertiary/aromatic N) is 1. The zero-order chi connectivity index (χ0) is 15.4. The fourth-order valence-corrected chi connectivity index (χ4v) is 1.92. The molecule has 0 fully saturated rings. The first-order valence-electron chi connectivity index (χ1n) is 5.75. The second kappa shape index (κ2) is 6.56. The van der Waals surface area contributed by atoms with Crippen molar-refractivity contribution in [3.05, 3.63) is 63.4 Å². The van der Waals surface area contributed by atoms with Crippen molar-refractivity contribution in [2.45, 2.75) is 0 Å². The van der Waals surface area contributed by atoms with Crippen LogP contribution >= 0.6 is 23.2 Å². The molecule has 0 atom stereocenters. The van der Waals surface area contributed by atoms with Crippen LogP contribution in [0.1, 0.15) is 15.9 Å². The number of nitrogens with one attached hydrogen (secondary N) is 1. The Morgan fingerprint density at radius 2 is 2.05 bits per heavy atom. The maximum Gasteiger partial charge on any atom is 0.275 e. The molecule has 4 nitrogen and oxygen atoms in total. The highest BCUT2D eigenvalue weighted by molar-refractivity contribution is 6.33. The fraction of sp³-hybridized carbons (Fsp3) is 0. The number of hydrogen-bond donors (Lipinski definition) is 2. The third-order valence-electron chi connectivity index (χ3n) is 2.56. The lowest BCUT2D eigenvalue weighted by Gasteiger charge is -2.03. The van der Waals surface area contributed by atoms with Gasteiger partial charge in [-0.3, -0.25) is 4.79 Å². The quantitative estimate of drug-likeness (QED) is 0.668. The Balaban J connectivity index is 2.12. The molecule has 0 aromatic heterocycles. The molecule has 7 heteroatoms. The molecule has 2 aromatic rings. The van der Waals surface area contributed by atoms with Gasteiger partial charge >= 0.3 is 0 Å². The van der Waals surface area contributed by atoms with Gasteiger partial charge in [-0.15, -0.1) is 0 Å². The van der Waals surface area contributed by atoms with E-state index in [9.17, 15) is 14.3 Å². The molecule has 2 rings (SSSR count). The van der Waals surface area contributed by atoms with Gasteiger partial charge in [-0.05, 0) is 30.3 Å². The van der Waals surface area contributed by atoms with Crippen molar-refractivity contribution >= 4 is 35.3 Å². The van der Waals surface area contributed by atoms with Crippen molar-refractivity contribution in [1.82, 2.24) is 5.43 Å². The van der Waals surface area contributed by atoms with Gasteiger partial charge in [-0.1, -0.05) is 29.3 Å². The number of hydrazone groups is 1. The number of hydrogen-bond acceptors (Lipinski definition) is 3. The summed E-state index contributed by atoms with van der Waals surface area (Å²) in [7, 11) is 0. The summed E-state index contributed by atoms with van der Waals surface area (Å²) in [4.78, 5) is 11.8. The summed E-state index contributed by atoms with van der Waals surface area (Å²) < 4.78 is 13.5. The van der Waals surface area contributed by atoms with Gasteiger partial charge < -0.3 is 5.11 Å². The molecule has 0 heterocycles. The second-order valence-electron chi connectivity index (χ2n) is 4.00. The Hall–Kier alpha value is -2.11. The number of rotatable bonds is 3. The van der Waals surface area contributed by atoms with Crippen molar-refractivity contribution < 1.29 is 14.3 Å². The summed E-state index contributed by atoms with van der Waals surface area (Å²) in [6.07, 6.45) is 1.09. The number of carbonyl (C=O) groups excluding carboxylic acids is 1. The lowest BCUT2D eigenvalue weighted by Crippen LogP contribution is -2.17. The maximum absolute atomic E-state index is 13.5. The second-order valence-corrected chi connectivity index (χ2v) is 4.84. The molecule has 0 aliphatic carbocycles. The first-order chi connectivity index (χ1) is 9.99. The van der Waals surface area contributed by atoms with Gasteiger partial charge in [-0.2, -0.15) is 5.10 Å². The molecule has 2 aromatic carbocycles. The maximum atomic E-state index is 13.5. The summed E-state index contributed by atoms with van der Waals surface area (Å²) in [5.74, 6) is -1.50. The van der Waals surface area contributed by atoms with Crippen molar-refractivity contribution in [3.8, 4) is 5.75 Å². The fourth-order valence-electron chi connectivity index (χ4n) is 1.55. The number of carbonyl (C=O) groups is 1. The summed E-state index contributed by atoms with van der Waals surface area (Å²) >= 11 is 11.5. The molecule has 0 radical (unpaired) electrons. The third kappa shape index (κ3) is 3.71. The van der Waals surface area contributed by atoms with Crippen LogP contribution < -0.4 is 5.43 Å². The summed E-state index contributed by atoms with van der Waals surface area (Å²) in [5.41, 5.74) is 2.22. The van der Waals surface area contributed by atoms with Gasteiger partial charge in [0.1, 0.15) is 11.6 Å². The minimum atomic E-state index is -0.659. The minimum Gasteiger partial charge on any atom is -0.507 e. The lowest BCUT2D eigenvalue weighted by molar-refractivity contribution is 0.0952. The van der Waals surface area contributed by atoms with E-state index in [-0.39, 0.29) is 21.9 Å². The largest absolute Gasteiger partial charge is 0.507 e. The molecular formula is C14H9Cl2FN2O2. The first-order valence-corrected chi connectivity index (χ1v) is 6.50. The zero-order valence-corrected chi connectivity index (χ0v) is 12.0. The molecule has 108 valence electrons. The van der Waals surface area contributed by atoms with Crippen LogP contribution in [0.3, 0.4) is 0 Å². The van der Waals surface area contributed by atoms with Crippen LogP contribution in [0.5, 0.6) is 5.75 Å². The van der Waals surface area contributed by atoms with Crippen LogP contribution in [0.25, 0.3) is 0 Å². The van der Waals surface area contributed by atoms with Crippen molar-refractivity contribution in [1.29, 1.82) is 0 Å².